The summed E-state index contributed by atoms with van der Waals surface area (Å²) in [4.78, 5) is 22.8. The minimum atomic E-state index is -0.787. The molecule has 0 atom stereocenters. The van der Waals surface area contributed by atoms with E-state index >= 15 is 0 Å². The summed E-state index contributed by atoms with van der Waals surface area (Å²) in [5.41, 5.74) is 1.01. The molecule has 0 saturated heterocycles. The van der Waals surface area contributed by atoms with E-state index in [2.05, 4.69) is 0 Å². The number of carbonyl (C=O) groups is 2. The van der Waals surface area contributed by atoms with E-state index < -0.39 is 11.4 Å². The average molecular weight is 297 g/mol. The van der Waals surface area contributed by atoms with Crippen molar-refractivity contribution < 1.29 is 14.7 Å². The van der Waals surface area contributed by atoms with Crippen LogP contribution in [0.2, 0.25) is 0 Å². The number of hydrogen-bond acceptors (Lipinski definition) is 2. The molecule has 1 N–H and O–H groups in total. The first kappa shape index (κ1) is 16.7. The van der Waals surface area contributed by atoms with E-state index in [1.807, 2.05) is 12.1 Å². The lowest BCUT2D eigenvalue weighted by Gasteiger charge is -2.18. The zero-order valence-electron chi connectivity index (χ0n) is 12.0. The highest BCUT2D eigenvalue weighted by Crippen LogP contribution is 2.23. The van der Waals surface area contributed by atoms with E-state index in [0.717, 1.165) is 5.56 Å². The third kappa shape index (κ3) is 4.97. The Labute approximate surface area is 125 Å². The van der Waals surface area contributed by atoms with Crippen LogP contribution in [0.15, 0.2) is 24.3 Å². The van der Waals surface area contributed by atoms with Crippen LogP contribution in [-0.4, -0.2) is 22.7 Å². The summed E-state index contributed by atoms with van der Waals surface area (Å²) in [7, 11) is 0. The molecular formula is C16H21ClO3. The maximum atomic E-state index is 11.8. The Kier molecular flexibility index (Phi) is 6.21. The number of carbonyl (C=O) groups excluding carboxylic acids is 1. The van der Waals surface area contributed by atoms with E-state index in [1.165, 1.54) is 0 Å². The minimum absolute atomic E-state index is 0.100. The smallest absolute Gasteiger partial charge is 0.309 e. The van der Waals surface area contributed by atoms with Crippen LogP contribution in [0.5, 0.6) is 0 Å². The molecule has 20 heavy (non-hydrogen) atoms. The van der Waals surface area contributed by atoms with Crippen molar-refractivity contribution in [2.75, 3.05) is 5.88 Å². The van der Waals surface area contributed by atoms with Gasteiger partial charge in [0, 0.05) is 17.9 Å². The van der Waals surface area contributed by atoms with Gasteiger partial charge in [-0.2, -0.15) is 0 Å². The van der Waals surface area contributed by atoms with Crippen molar-refractivity contribution in [3.63, 3.8) is 0 Å². The first-order valence-corrected chi connectivity index (χ1v) is 7.32. The third-order valence-electron chi connectivity index (χ3n) is 3.43. The number of carboxylic acid groups (broad SMARTS) is 1. The summed E-state index contributed by atoms with van der Waals surface area (Å²) < 4.78 is 0. The Balaban J connectivity index is 2.59. The molecule has 0 spiro atoms. The van der Waals surface area contributed by atoms with Gasteiger partial charge in [-0.1, -0.05) is 24.3 Å². The maximum absolute atomic E-state index is 11.8. The van der Waals surface area contributed by atoms with Crippen LogP contribution < -0.4 is 0 Å². The van der Waals surface area contributed by atoms with Gasteiger partial charge < -0.3 is 5.11 Å². The maximum Gasteiger partial charge on any atom is 0.309 e. The van der Waals surface area contributed by atoms with Crippen LogP contribution in [0, 0.1) is 5.41 Å². The third-order valence-corrected chi connectivity index (χ3v) is 3.70. The number of rotatable bonds is 8. The lowest BCUT2D eigenvalue weighted by Crippen LogP contribution is -2.24. The van der Waals surface area contributed by atoms with E-state index in [4.69, 9.17) is 16.7 Å². The van der Waals surface area contributed by atoms with Crippen LogP contribution in [0.1, 0.15) is 49.0 Å². The molecular weight excluding hydrogens is 276 g/mol. The molecule has 4 heteroatoms. The molecule has 0 amide bonds. The number of benzene rings is 1. The van der Waals surface area contributed by atoms with Crippen LogP contribution in [0.3, 0.4) is 0 Å². The summed E-state index contributed by atoms with van der Waals surface area (Å²) >= 11 is 5.57. The predicted molar refractivity (Wildman–Crippen MR) is 80.5 cm³/mol. The number of carboxylic acids is 1. The highest BCUT2D eigenvalue weighted by Gasteiger charge is 2.26. The van der Waals surface area contributed by atoms with E-state index in [-0.39, 0.29) is 5.78 Å². The monoisotopic (exact) mass is 296 g/mol. The second kappa shape index (κ2) is 7.44. The molecule has 3 nitrogen and oxygen atoms in total. The quantitative estimate of drug-likeness (QED) is 0.584. The van der Waals surface area contributed by atoms with Gasteiger partial charge in [0.05, 0.1) is 5.41 Å². The number of Topliss-reactive ketones (excluding diaryl/α,β-unsaturated/α-hetero) is 1. The van der Waals surface area contributed by atoms with Gasteiger partial charge in [0.25, 0.3) is 0 Å². The standard InChI is InChI=1S/C16H21ClO3/c1-16(2,15(19)20)10-9-12-5-7-13(8-6-12)14(18)4-3-11-17/h5-8H,3-4,9-11H2,1-2H3,(H,19,20). The van der Waals surface area contributed by atoms with E-state index in [1.54, 1.807) is 26.0 Å². The number of halogens is 1. The molecule has 0 fully saturated rings. The molecule has 0 aliphatic heterocycles. The van der Waals surface area contributed by atoms with Crippen molar-refractivity contribution in [1.82, 2.24) is 0 Å². The van der Waals surface area contributed by atoms with Crippen molar-refractivity contribution in [2.24, 2.45) is 5.41 Å². The summed E-state index contributed by atoms with van der Waals surface area (Å²) in [5, 5.41) is 9.06. The predicted octanol–water partition coefficient (Wildman–Crippen LogP) is 3.93. The largest absolute Gasteiger partial charge is 0.481 e. The average Bonchev–Trinajstić information content (AvgIpc) is 2.43. The summed E-state index contributed by atoms with van der Waals surface area (Å²) in [6, 6.07) is 7.40. The van der Waals surface area contributed by atoms with Crippen LogP contribution in [-0.2, 0) is 11.2 Å². The van der Waals surface area contributed by atoms with Crippen molar-refractivity contribution in [2.45, 2.75) is 39.5 Å². The Morgan fingerprint density at radius 3 is 2.30 bits per heavy atom. The highest BCUT2D eigenvalue weighted by molar-refractivity contribution is 6.18. The van der Waals surface area contributed by atoms with Crippen LogP contribution >= 0.6 is 11.6 Å². The lowest BCUT2D eigenvalue weighted by molar-refractivity contribution is -0.147. The van der Waals surface area contributed by atoms with Crippen LogP contribution in [0.25, 0.3) is 0 Å². The topological polar surface area (TPSA) is 54.4 Å². The second-order valence-electron chi connectivity index (χ2n) is 5.60. The molecule has 0 aliphatic carbocycles. The molecule has 0 bridgehead atoms. The van der Waals surface area contributed by atoms with Crippen molar-refractivity contribution in [1.29, 1.82) is 0 Å². The van der Waals surface area contributed by atoms with Crippen molar-refractivity contribution in [3.05, 3.63) is 35.4 Å². The molecule has 1 rings (SSSR count). The molecule has 1 aromatic rings. The number of alkyl halides is 1. The fourth-order valence-electron chi connectivity index (χ4n) is 1.79. The van der Waals surface area contributed by atoms with Crippen molar-refractivity contribution >= 4 is 23.4 Å². The molecule has 0 unspecified atom stereocenters. The van der Waals surface area contributed by atoms with Gasteiger partial charge in [0.2, 0.25) is 0 Å². The zero-order valence-corrected chi connectivity index (χ0v) is 12.7. The molecule has 0 aliphatic rings. The normalized spacial score (nSPS) is 11.3. The van der Waals surface area contributed by atoms with Gasteiger partial charge in [0.15, 0.2) is 5.78 Å². The van der Waals surface area contributed by atoms with E-state index in [9.17, 15) is 9.59 Å². The molecule has 0 saturated carbocycles. The molecule has 1 aromatic carbocycles. The molecule has 0 heterocycles. The van der Waals surface area contributed by atoms with Gasteiger partial charge in [-0.05, 0) is 38.7 Å². The Bertz CT molecular complexity index is 463. The Hall–Kier alpha value is -1.35. The van der Waals surface area contributed by atoms with Gasteiger partial charge in [-0.3, -0.25) is 9.59 Å². The zero-order chi connectivity index (χ0) is 15.2. The molecule has 0 radical (unpaired) electrons. The highest BCUT2D eigenvalue weighted by atomic mass is 35.5. The summed E-state index contributed by atoms with van der Waals surface area (Å²) in [5.74, 6) is -0.192. The first-order chi connectivity index (χ1) is 9.36. The number of ketones is 1. The summed E-state index contributed by atoms with van der Waals surface area (Å²) in [6.07, 6.45) is 2.42. The SMILES string of the molecule is CC(C)(CCc1ccc(C(=O)CCCCl)cc1)C(=O)O. The lowest BCUT2D eigenvalue weighted by atomic mass is 9.86. The van der Waals surface area contributed by atoms with Crippen LogP contribution in [0.4, 0.5) is 0 Å². The van der Waals surface area contributed by atoms with Gasteiger partial charge in [0.1, 0.15) is 0 Å². The van der Waals surface area contributed by atoms with Gasteiger partial charge in [-0.15, -0.1) is 11.6 Å². The number of hydrogen-bond donors (Lipinski definition) is 1. The Morgan fingerprint density at radius 1 is 1.20 bits per heavy atom. The van der Waals surface area contributed by atoms with Crippen molar-refractivity contribution in [3.8, 4) is 0 Å². The number of aryl methyl sites for hydroxylation is 1. The summed E-state index contributed by atoms with van der Waals surface area (Å²) in [6.45, 7) is 3.44. The fraction of sp³-hybridized carbons (Fsp3) is 0.500. The minimum Gasteiger partial charge on any atom is -0.481 e. The van der Waals surface area contributed by atoms with E-state index in [0.29, 0.717) is 37.1 Å². The van der Waals surface area contributed by atoms with Gasteiger partial charge >= 0.3 is 5.97 Å². The van der Waals surface area contributed by atoms with Gasteiger partial charge in [-0.25, -0.2) is 0 Å². The molecule has 0 aromatic heterocycles. The fourth-order valence-corrected chi connectivity index (χ4v) is 1.93. The first-order valence-electron chi connectivity index (χ1n) is 6.78. The number of aliphatic carboxylic acids is 1. The Morgan fingerprint density at radius 2 is 1.80 bits per heavy atom. The molecule has 110 valence electrons. The second-order valence-corrected chi connectivity index (χ2v) is 5.98.